The molecule has 0 aliphatic carbocycles. The minimum absolute atomic E-state index is 0.226. The molecule has 0 amide bonds. The zero-order valence-electron chi connectivity index (χ0n) is 5.31. The van der Waals surface area contributed by atoms with Crippen molar-refractivity contribution in [2.75, 3.05) is 6.61 Å². The molecule has 0 saturated heterocycles. The highest BCUT2D eigenvalue weighted by Crippen LogP contribution is 2.18. The van der Waals surface area contributed by atoms with Crippen LogP contribution in [0, 0.1) is 0 Å². The van der Waals surface area contributed by atoms with Gasteiger partial charge in [0.15, 0.2) is 0 Å². The highest BCUT2D eigenvalue weighted by atomic mass is 35.5. The summed E-state index contributed by atoms with van der Waals surface area (Å²) in [6, 6.07) is 0. The average Bonchev–Trinajstić information content (AvgIpc) is 1.89. The molecule has 0 heterocycles. The molecule has 10 heavy (non-hydrogen) atoms. The highest BCUT2D eigenvalue weighted by Gasteiger charge is 2.31. The fourth-order valence-corrected chi connectivity index (χ4v) is 0.308. The predicted octanol–water partition coefficient (Wildman–Crippen LogP) is 2.30. The third-order valence-corrected chi connectivity index (χ3v) is 0.853. The van der Waals surface area contributed by atoms with Crippen LogP contribution in [0.1, 0.15) is 6.92 Å². The Balaban J connectivity index is 3.46. The zero-order valence-corrected chi connectivity index (χ0v) is 6.07. The first-order valence-electron chi connectivity index (χ1n) is 2.55. The van der Waals surface area contributed by atoms with Gasteiger partial charge in [0.25, 0.3) is 0 Å². The minimum Gasteiger partial charge on any atom is -0.291 e. The number of allylic oxidation sites excluding steroid dienone is 1. The molecule has 0 spiro atoms. The Hall–Kier alpha value is -0.190. The van der Waals surface area contributed by atoms with E-state index in [4.69, 9.17) is 0 Å². The van der Waals surface area contributed by atoms with E-state index in [1.54, 1.807) is 13.0 Å². The van der Waals surface area contributed by atoms with Crippen LogP contribution in [0.15, 0.2) is 12.2 Å². The molecule has 0 aromatic rings. The smallest absolute Gasteiger partial charge is 0.291 e. The van der Waals surface area contributed by atoms with E-state index in [1.165, 1.54) is 6.08 Å². The first-order valence-corrected chi connectivity index (χ1v) is 2.86. The molecule has 0 fully saturated rings. The van der Waals surface area contributed by atoms with Crippen molar-refractivity contribution in [3.05, 3.63) is 12.2 Å². The Bertz CT molecular complexity index is 116. The molecule has 0 aromatic heterocycles. The maximum Gasteiger partial charge on any atom is 0.502 e. The Morgan fingerprint density at radius 3 is 2.60 bits per heavy atom. The quantitative estimate of drug-likeness (QED) is 0.479. The maximum absolute atomic E-state index is 11.9. The van der Waals surface area contributed by atoms with E-state index in [0.29, 0.717) is 0 Å². The van der Waals surface area contributed by atoms with Gasteiger partial charge < -0.3 is 0 Å². The first-order chi connectivity index (χ1) is 4.62. The molecule has 0 saturated carbocycles. The molecule has 5 heteroatoms. The van der Waals surface area contributed by atoms with Gasteiger partial charge in [0.2, 0.25) is 0 Å². The van der Waals surface area contributed by atoms with E-state index < -0.39 is 6.29 Å². The van der Waals surface area contributed by atoms with Gasteiger partial charge in [-0.2, -0.15) is 4.29 Å². The molecule has 0 bridgehead atoms. The van der Waals surface area contributed by atoms with Crippen LogP contribution in [0.4, 0.5) is 8.78 Å². The lowest BCUT2D eigenvalue weighted by atomic mass is 10.6. The van der Waals surface area contributed by atoms with E-state index in [0.717, 1.165) is 0 Å². The number of rotatable bonds is 4. The Labute approximate surface area is 62.5 Å². The van der Waals surface area contributed by atoms with Crippen LogP contribution < -0.4 is 0 Å². The van der Waals surface area contributed by atoms with Gasteiger partial charge in [-0.3, -0.25) is 4.74 Å². The summed E-state index contributed by atoms with van der Waals surface area (Å²) in [6.45, 7) is 1.46. The second-order valence-corrected chi connectivity index (χ2v) is 1.57. The van der Waals surface area contributed by atoms with Crippen LogP contribution >= 0.6 is 11.9 Å². The molecule has 0 aromatic carbocycles. The van der Waals surface area contributed by atoms with Crippen molar-refractivity contribution in [1.29, 1.82) is 0 Å². The van der Waals surface area contributed by atoms with Crippen molar-refractivity contribution >= 4 is 11.9 Å². The molecule has 0 rings (SSSR count). The van der Waals surface area contributed by atoms with Crippen molar-refractivity contribution in [2.45, 2.75) is 13.2 Å². The summed E-state index contributed by atoms with van der Waals surface area (Å²) in [6.07, 6.45) is -0.713. The maximum atomic E-state index is 11.9. The van der Waals surface area contributed by atoms with E-state index in [9.17, 15) is 8.78 Å². The first kappa shape index (κ1) is 9.81. The standard InChI is InChI=1S/C5H7ClF2O2/c1-2-3-4-9-5(7,8)10-6/h2-3H,4H2,1H3/b3-2-. The lowest BCUT2D eigenvalue weighted by Crippen LogP contribution is -2.20. The second-order valence-electron chi connectivity index (χ2n) is 1.42. The van der Waals surface area contributed by atoms with Crippen molar-refractivity contribution in [2.24, 2.45) is 0 Å². The molecular formula is C5H7ClF2O2. The summed E-state index contributed by atoms with van der Waals surface area (Å²) < 4.78 is 30.7. The molecule has 0 unspecified atom stereocenters. The number of halogens is 3. The van der Waals surface area contributed by atoms with Crippen molar-refractivity contribution in [1.82, 2.24) is 0 Å². The fourth-order valence-electron chi connectivity index (χ4n) is 0.264. The van der Waals surface area contributed by atoms with Gasteiger partial charge in [-0.15, -0.1) is 8.78 Å². The van der Waals surface area contributed by atoms with Crippen LogP contribution in [0.2, 0.25) is 0 Å². The van der Waals surface area contributed by atoms with Crippen molar-refractivity contribution < 1.29 is 17.8 Å². The molecule has 0 radical (unpaired) electrons. The Kier molecular flexibility index (Phi) is 4.51. The largest absolute Gasteiger partial charge is 0.502 e. The molecule has 0 atom stereocenters. The highest BCUT2D eigenvalue weighted by molar-refractivity contribution is 6.07. The summed E-state index contributed by atoms with van der Waals surface area (Å²) in [4.78, 5) is 0. The van der Waals surface area contributed by atoms with E-state index >= 15 is 0 Å². The van der Waals surface area contributed by atoms with Crippen LogP contribution in [-0.4, -0.2) is 12.9 Å². The van der Waals surface area contributed by atoms with Crippen LogP contribution in [0.3, 0.4) is 0 Å². The third kappa shape index (κ3) is 4.67. The van der Waals surface area contributed by atoms with Gasteiger partial charge in [0.1, 0.15) is 0 Å². The Morgan fingerprint density at radius 1 is 1.60 bits per heavy atom. The third-order valence-electron chi connectivity index (χ3n) is 0.673. The monoisotopic (exact) mass is 172 g/mol. The number of hydrogen-bond donors (Lipinski definition) is 0. The number of ether oxygens (including phenoxy) is 1. The molecule has 60 valence electrons. The average molecular weight is 173 g/mol. The summed E-state index contributed by atoms with van der Waals surface area (Å²) in [5.41, 5.74) is 0. The van der Waals surface area contributed by atoms with E-state index in [1.807, 2.05) is 0 Å². The predicted molar refractivity (Wildman–Crippen MR) is 32.7 cm³/mol. The van der Waals surface area contributed by atoms with Gasteiger partial charge >= 0.3 is 6.29 Å². The number of hydrogen-bond acceptors (Lipinski definition) is 2. The summed E-state index contributed by atoms with van der Waals surface area (Å²) in [5, 5.41) is 0. The second kappa shape index (κ2) is 4.60. The lowest BCUT2D eigenvalue weighted by molar-refractivity contribution is -0.348. The van der Waals surface area contributed by atoms with E-state index in [-0.39, 0.29) is 6.61 Å². The molecule has 0 aliphatic rings. The van der Waals surface area contributed by atoms with Gasteiger partial charge in [0, 0.05) is 0 Å². The number of alkyl halides is 2. The molecule has 0 N–H and O–H groups in total. The summed E-state index contributed by atoms with van der Waals surface area (Å²) >= 11 is 4.37. The fraction of sp³-hybridized carbons (Fsp3) is 0.600. The molecule has 2 nitrogen and oxygen atoms in total. The van der Waals surface area contributed by atoms with Crippen LogP contribution in [0.5, 0.6) is 0 Å². The summed E-state index contributed by atoms with van der Waals surface area (Å²) in [7, 11) is 0. The SMILES string of the molecule is C/C=C\COC(F)(F)OCl. The van der Waals surface area contributed by atoms with Gasteiger partial charge in [0.05, 0.1) is 18.5 Å². The van der Waals surface area contributed by atoms with Crippen LogP contribution in [0.25, 0.3) is 0 Å². The normalized spacial score (nSPS) is 12.8. The van der Waals surface area contributed by atoms with Gasteiger partial charge in [-0.1, -0.05) is 12.2 Å². The molecule has 0 aliphatic heterocycles. The summed E-state index contributed by atoms with van der Waals surface area (Å²) in [5.74, 6) is 0. The Morgan fingerprint density at radius 2 is 2.20 bits per heavy atom. The van der Waals surface area contributed by atoms with Gasteiger partial charge in [-0.25, -0.2) is 0 Å². The zero-order chi connectivity index (χ0) is 8.04. The van der Waals surface area contributed by atoms with Gasteiger partial charge in [-0.05, 0) is 6.92 Å². The van der Waals surface area contributed by atoms with Crippen molar-refractivity contribution in [3.8, 4) is 0 Å². The van der Waals surface area contributed by atoms with E-state index in [2.05, 4.69) is 20.9 Å². The lowest BCUT2D eigenvalue weighted by Gasteiger charge is -2.09. The molecular weight excluding hydrogens is 166 g/mol. The van der Waals surface area contributed by atoms with Crippen molar-refractivity contribution in [3.63, 3.8) is 0 Å². The van der Waals surface area contributed by atoms with Crippen LogP contribution in [-0.2, 0) is 9.03 Å². The topological polar surface area (TPSA) is 18.5 Å². The minimum atomic E-state index is -3.69.